The van der Waals surface area contributed by atoms with Crippen molar-refractivity contribution >= 4 is 0 Å². The Hall–Kier alpha value is -0.0800. The molecule has 0 aromatic rings. The summed E-state index contributed by atoms with van der Waals surface area (Å²) >= 11 is 0. The highest BCUT2D eigenvalue weighted by atomic mass is 16.5. The van der Waals surface area contributed by atoms with Crippen LogP contribution in [-0.2, 0) is 4.74 Å². The van der Waals surface area contributed by atoms with Gasteiger partial charge in [-0.05, 0) is 31.8 Å². The van der Waals surface area contributed by atoms with E-state index in [0.29, 0.717) is 5.92 Å². The Bertz CT molecular complexity index is 95.0. The Morgan fingerprint density at radius 3 is 2.64 bits per heavy atom. The first-order chi connectivity index (χ1) is 5.33. The molecule has 0 N–H and O–H groups in total. The summed E-state index contributed by atoms with van der Waals surface area (Å²) in [6.45, 7) is 8.42. The Balaban J connectivity index is 2.07. The molecule has 1 radical (unpaired) electrons. The van der Waals surface area contributed by atoms with Crippen molar-refractivity contribution in [1.29, 1.82) is 0 Å². The van der Waals surface area contributed by atoms with Gasteiger partial charge in [-0.3, -0.25) is 0 Å². The lowest BCUT2D eigenvalue weighted by molar-refractivity contribution is 0.126. The maximum absolute atomic E-state index is 5.01. The van der Waals surface area contributed by atoms with Crippen LogP contribution in [0, 0.1) is 12.8 Å². The maximum Gasteiger partial charge on any atom is 0.0589 e. The lowest BCUT2D eigenvalue weighted by Crippen LogP contribution is -2.35. The molecule has 0 aromatic heterocycles. The molecule has 0 atom stereocenters. The number of nitrogens with zero attached hydrogens (tertiary/aromatic N) is 1. The summed E-state index contributed by atoms with van der Waals surface area (Å²) < 4.78 is 5.01. The quantitative estimate of drug-likeness (QED) is 0.608. The summed E-state index contributed by atoms with van der Waals surface area (Å²) in [5, 5.41) is 0. The largest absolute Gasteiger partial charge is 0.383 e. The predicted octanol–water partition coefficient (Wildman–Crippen LogP) is 1.18. The third kappa shape index (κ3) is 3.21. The van der Waals surface area contributed by atoms with Gasteiger partial charge in [0.1, 0.15) is 0 Å². The lowest BCUT2D eigenvalue weighted by Gasteiger charge is -2.29. The molecule has 11 heavy (non-hydrogen) atoms. The standard InChI is InChI=1S/C9H18NO/c1-9-3-5-10(6-4-9)7-8-11-2/h9H,1,3-8H2,2H3. The zero-order valence-corrected chi connectivity index (χ0v) is 7.38. The molecule has 0 aromatic carbocycles. The van der Waals surface area contributed by atoms with E-state index in [-0.39, 0.29) is 0 Å². The highest BCUT2D eigenvalue weighted by Gasteiger charge is 2.14. The van der Waals surface area contributed by atoms with Crippen LogP contribution in [0.1, 0.15) is 12.8 Å². The van der Waals surface area contributed by atoms with Crippen molar-refractivity contribution in [2.75, 3.05) is 33.4 Å². The molecule has 1 saturated heterocycles. The Labute approximate surface area is 69.5 Å². The van der Waals surface area contributed by atoms with Crippen LogP contribution >= 0.6 is 0 Å². The number of methoxy groups -OCH3 is 1. The first-order valence-corrected chi connectivity index (χ1v) is 4.37. The van der Waals surface area contributed by atoms with Gasteiger partial charge in [-0.15, -0.1) is 0 Å². The minimum absolute atomic E-state index is 0.689. The zero-order valence-electron chi connectivity index (χ0n) is 7.38. The summed E-state index contributed by atoms with van der Waals surface area (Å²) in [5.74, 6) is 0.689. The van der Waals surface area contributed by atoms with E-state index in [1.165, 1.54) is 25.9 Å². The van der Waals surface area contributed by atoms with E-state index in [4.69, 9.17) is 4.74 Å². The average Bonchev–Trinajstić information content (AvgIpc) is 2.04. The van der Waals surface area contributed by atoms with Crippen molar-refractivity contribution in [2.45, 2.75) is 12.8 Å². The van der Waals surface area contributed by atoms with E-state index in [1.807, 2.05) is 0 Å². The number of likely N-dealkylation sites (tertiary alicyclic amines) is 1. The van der Waals surface area contributed by atoms with Gasteiger partial charge in [-0.1, -0.05) is 6.92 Å². The van der Waals surface area contributed by atoms with Crippen LogP contribution in [0.4, 0.5) is 0 Å². The van der Waals surface area contributed by atoms with Crippen molar-refractivity contribution in [1.82, 2.24) is 4.90 Å². The number of hydrogen-bond donors (Lipinski definition) is 0. The second-order valence-corrected chi connectivity index (χ2v) is 3.28. The van der Waals surface area contributed by atoms with Gasteiger partial charge in [-0.25, -0.2) is 0 Å². The Morgan fingerprint density at radius 2 is 2.09 bits per heavy atom. The molecule has 1 aliphatic rings. The molecule has 0 bridgehead atoms. The molecule has 0 spiro atoms. The first-order valence-electron chi connectivity index (χ1n) is 4.37. The highest BCUT2D eigenvalue weighted by Crippen LogP contribution is 2.14. The second kappa shape index (κ2) is 4.73. The van der Waals surface area contributed by atoms with Crippen LogP contribution < -0.4 is 0 Å². The van der Waals surface area contributed by atoms with E-state index in [2.05, 4.69) is 11.8 Å². The van der Waals surface area contributed by atoms with Crippen LogP contribution in [-0.4, -0.2) is 38.3 Å². The van der Waals surface area contributed by atoms with E-state index in [0.717, 1.165) is 13.2 Å². The molecule has 2 heteroatoms. The monoisotopic (exact) mass is 156 g/mol. The van der Waals surface area contributed by atoms with E-state index >= 15 is 0 Å². The number of piperidine rings is 1. The molecule has 0 saturated carbocycles. The third-order valence-electron chi connectivity index (χ3n) is 2.32. The van der Waals surface area contributed by atoms with Gasteiger partial charge in [0.25, 0.3) is 0 Å². The number of ether oxygens (including phenoxy) is 1. The molecule has 1 aliphatic heterocycles. The SMILES string of the molecule is [CH2]C1CCN(CCOC)CC1. The zero-order chi connectivity index (χ0) is 8.10. The van der Waals surface area contributed by atoms with Crippen LogP contribution in [0.25, 0.3) is 0 Å². The molecule has 1 heterocycles. The molecule has 0 amide bonds. The van der Waals surface area contributed by atoms with Crippen LogP contribution in [0.2, 0.25) is 0 Å². The molecule has 1 rings (SSSR count). The summed E-state index contributed by atoms with van der Waals surface area (Å²) in [5.41, 5.74) is 0. The van der Waals surface area contributed by atoms with E-state index in [1.54, 1.807) is 7.11 Å². The van der Waals surface area contributed by atoms with Crippen molar-refractivity contribution in [2.24, 2.45) is 5.92 Å². The molecule has 65 valence electrons. The van der Waals surface area contributed by atoms with Crippen molar-refractivity contribution in [3.05, 3.63) is 6.92 Å². The van der Waals surface area contributed by atoms with Gasteiger partial charge in [0.2, 0.25) is 0 Å². The van der Waals surface area contributed by atoms with Gasteiger partial charge in [0.15, 0.2) is 0 Å². The summed E-state index contributed by atoms with van der Waals surface area (Å²) in [4.78, 5) is 2.45. The first kappa shape index (κ1) is 9.01. The maximum atomic E-state index is 5.01. The summed E-state index contributed by atoms with van der Waals surface area (Å²) in [7, 11) is 1.76. The number of rotatable bonds is 3. The fraction of sp³-hybridized carbons (Fsp3) is 0.889. The van der Waals surface area contributed by atoms with Crippen molar-refractivity contribution in [3.63, 3.8) is 0 Å². The molecule has 0 aliphatic carbocycles. The molecule has 0 unspecified atom stereocenters. The molecule has 1 fully saturated rings. The Morgan fingerprint density at radius 1 is 1.45 bits per heavy atom. The smallest absolute Gasteiger partial charge is 0.0589 e. The highest BCUT2D eigenvalue weighted by molar-refractivity contribution is 4.72. The Kier molecular flexibility index (Phi) is 3.87. The third-order valence-corrected chi connectivity index (χ3v) is 2.32. The van der Waals surface area contributed by atoms with E-state index in [9.17, 15) is 0 Å². The van der Waals surface area contributed by atoms with Gasteiger partial charge in [0, 0.05) is 13.7 Å². The molecule has 2 nitrogen and oxygen atoms in total. The van der Waals surface area contributed by atoms with E-state index < -0.39 is 0 Å². The second-order valence-electron chi connectivity index (χ2n) is 3.28. The van der Waals surface area contributed by atoms with Gasteiger partial charge in [-0.2, -0.15) is 0 Å². The fourth-order valence-corrected chi connectivity index (χ4v) is 1.43. The minimum atomic E-state index is 0.689. The van der Waals surface area contributed by atoms with Gasteiger partial charge in [0.05, 0.1) is 6.61 Å². The van der Waals surface area contributed by atoms with Crippen LogP contribution in [0.5, 0.6) is 0 Å². The summed E-state index contributed by atoms with van der Waals surface area (Å²) in [6, 6.07) is 0. The number of hydrogen-bond acceptors (Lipinski definition) is 2. The van der Waals surface area contributed by atoms with Gasteiger partial charge < -0.3 is 9.64 Å². The predicted molar refractivity (Wildman–Crippen MR) is 46.4 cm³/mol. The summed E-state index contributed by atoms with van der Waals surface area (Å²) in [6.07, 6.45) is 2.51. The molecular weight excluding hydrogens is 138 g/mol. The van der Waals surface area contributed by atoms with Gasteiger partial charge >= 0.3 is 0 Å². The average molecular weight is 156 g/mol. The lowest BCUT2D eigenvalue weighted by atomic mass is 9.99. The van der Waals surface area contributed by atoms with Crippen LogP contribution in [0.3, 0.4) is 0 Å². The van der Waals surface area contributed by atoms with Crippen molar-refractivity contribution < 1.29 is 4.74 Å². The minimum Gasteiger partial charge on any atom is -0.383 e. The van der Waals surface area contributed by atoms with Crippen LogP contribution in [0.15, 0.2) is 0 Å². The fourth-order valence-electron chi connectivity index (χ4n) is 1.43. The molecular formula is C9H18NO. The van der Waals surface area contributed by atoms with Crippen molar-refractivity contribution in [3.8, 4) is 0 Å². The topological polar surface area (TPSA) is 12.5 Å². The normalized spacial score (nSPS) is 22.4.